The third-order valence-corrected chi connectivity index (χ3v) is 3.94. The number of aryl methyl sites for hydroxylation is 1. The second kappa shape index (κ2) is 7.39. The van der Waals surface area contributed by atoms with Crippen molar-refractivity contribution in [3.8, 4) is 11.1 Å². The van der Waals surface area contributed by atoms with E-state index in [-0.39, 0.29) is 0 Å². The van der Waals surface area contributed by atoms with Crippen LogP contribution in [0.4, 0.5) is 0 Å². The van der Waals surface area contributed by atoms with Crippen molar-refractivity contribution in [2.24, 2.45) is 0 Å². The highest BCUT2D eigenvalue weighted by Crippen LogP contribution is 2.28. The number of carbonyl (C=O) groups excluding carboxylic acids is 1. The third kappa shape index (κ3) is 3.31. The summed E-state index contributed by atoms with van der Waals surface area (Å²) in [5, 5.41) is 4.65. The molecule has 0 saturated carbocycles. The van der Waals surface area contributed by atoms with Gasteiger partial charge in [-0.3, -0.25) is 0 Å². The van der Waals surface area contributed by atoms with Crippen molar-refractivity contribution >= 4 is 17.7 Å². The Morgan fingerprint density at radius 3 is 2.65 bits per heavy atom. The number of fused-ring (bicyclic) bond motifs is 1. The van der Waals surface area contributed by atoms with E-state index in [0.29, 0.717) is 23.5 Å². The zero-order valence-electron chi connectivity index (χ0n) is 15.4. The van der Waals surface area contributed by atoms with Gasteiger partial charge in [-0.25, -0.2) is 14.3 Å². The van der Waals surface area contributed by atoms with Crippen LogP contribution in [0.2, 0.25) is 0 Å². The minimum absolute atomic E-state index is 0.307. The normalized spacial score (nSPS) is 11.2. The molecular formula is C20H22N4O2. The first-order valence-electron chi connectivity index (χ1n) is 8.48. The number of esters is 1. The zero-order chi connectivity index (χ0) is 18.7. The molecule has 0 fully saturated rings. The topological polar surface area (TPSA) is 59.7 Å². The van der Waals surface area contributed by atoms with Crippen LogP contribution in [0.25, 0.3) is 22.9 Å². The molecule has 134 valence electrons. The maximum absolute atomic E-state index is 12.4. The molecule has 0 amide bonds. The summed E-state index contributed by atoms with van der Waals surface area (Å²) in [4.78, 5) is 18.8. The molecule has 0 atom stereocenters. The Labute approximate surface area is 152 Å². The summed E-state index contributed by atoms with van der Waals surface area (Å²) in [5.41, 5.74) is 4.59. The minimum Gasteiger partial charge on any atom is -0.462 e. The molecule has 0 bridgehead atoms. The number of benzene rings is 1. The molecule has 1 aromatic carbocycles. The molecule has 0 spiro atoms. The van der Waals surface area contributed by atoms with Crippen LogP contribution in [0.3, 0.4) is 0 Å². The van der Waals surface area contributed by atoms with Crippen molar-refractivity contribution in [1.29, 1.82) is 0 Å². The van der Waals surface area contributed by atoms with E-state index < -0.39 is 5.97 Å². The minimum atomic E-state index is -0.408. The molecule has 6 nitrogen and oxygen atoms in total. The molecule has 0 unspecified atom stereocenters. The van der Waals surface area contributed by atoms with Crippen molar-refractivity contribution < 1.29 is 9.53 Å². The van der Waals surface area contributed by atoms with Crippen molar-refractivity contribution in [3.63, 3.8) is 0 Å². The number of aromatic nitrogens is 3. The largest absolute Gasteiger partial charge is 0.462 e. The molecule has 6 heteroatoms. The van der Waals surface area contributed by atoms with E-state index in [0.717, 1.165) is 16.8 Å². The van der Waals surface area contributed by atoms with Gasteiger partial charge in [0, 0.05) is 32.1 Å². The van der Waals surface area contributed by atoms with Gasteiger partial charge in [0.25, 0.3) is 0 Å². The molecular weight excluding hydrogens is 328 g/mol. The zero-order valence-corrected chi connectivity index (χ0v) is 15.4. The van der Waals surface area contributed by atoms with E-state index in [1.54, 1.807) is 17.6 Å². The number of nitrogens with zero attached hydrogens (tertiary/aromatic N) is 4. The van der Waals surface area contributed by atoms with Gasteiger partial charge in [0.1, 0.15) is 5.56 Å². The highest BCUT2D eigenvalue weighted by Gasteiger charge is 2.20. The summed E-state index contributed by atoms with van der Waals surface area (Å²) in [6.07, 6.45) is 5.29. The maximum Gasteiger partial charge on any atom is 0.341 e. The van der Waals surface area contributed by atoms with E-state index in [2.05, 4.69) is 10.1 Å². The van der Waals surface area contributed by atoms with Crippen LogP contribution >= 0.6 is 0 Å². The van der Waals surface area contributed by atoms with Crippen LogP contribution in [0, 0.1) is 6.92 Å². The lowest BCUT2D eigenvalue weighted by molar-refractivity contribution is 0.0525. The van der Waals surface area contributed by atoms with Gasteiger partial charge in [0.05, 0.1) is 18.0 Å². The lowest BCUT2D eigenvalue weighted by atomic mass is 10.1. The Morgan fingerprint density at radius 2 is 2.00 bits per heavy atom. The lowest BCUT2D eigenvalue weighted by Crippen LogP contribution is -2.12. The van der Waals surface area contributed by atoms with Crippen LogP contribution in [0.15, 0.2) is 42.7 Å². The van der Waals surface area contributed by atoms with E-state index in [9.17, 15) is 4.79 Å². The predicted molar refractivity (Wildman–Crippen MR) is 102 cm³/mol. The summed E-state index contributed by atoms with van der Waals surface area (Å²) in [6.45, 7) is 4.03. The average Bonchev–Trinajstić information content (AvgIpc) is 2.96. The summed E-state index contributed by atoms with van der Waals surface area (Å²) in [7, 11) is 3.84. The number of hydrogen-bond acceptors (Lipinski definition) is 5. The molecule has 0 aliphatic carbocycles. The highest BCUT2D eigenvalue weighted by molar-refractivity contribution is 5.93. The van der Waals surface area contributed by atoms with Crippen molar-refractivity contribution in [2.45, 2.75) is 13.8 Å². The molecule has 3 aromatic rings. The van der Waals surface area contributed by atoms with E-state index in [1.807, 2.05) is 68.5 Å². The van der Waals surface area contributed by atoms with Crippen LogP contribution < -0.4 is 0 Å². The van der Waals surface area contributed by atoms with Crippen LogP contribution in [0.1, 0.15) is 28.7 Å². The second-order valence-corrected chi connectivity index (χ2v) is 6.12. The second-order valence-electron chi connectivity index (χ2n) is 6.12. The number of hydrogen-bond donors (Lipinski definition) is 0. The molecule has 3 rings (SSSR count). The van der Waals surface area contributed by atoms with E-state index in [4.69, 9.17) is 4.74 Å². The molecule has 0 radical (unpaired) electrons. The first kappa shape index (κ1) is 17.7. The summed E-state index contributed by atoms with van der Waals surface area (Å²) >= 11 is 0. The number of ether oxygens (including phenoxy) is 1. The van der Waals surface area contributed by atoms with Crippen LogP contribution in [0.5, 0.6) is 0 Å². The Kier molecular flexibility index (Phi) is 5.02. The van der Waals surface area contributed by atoms with Gasteiger partial charge < -0.3 is 9.64 Å². The van der Waals surface area contributed by atoms with Gasteiger partial charge in [-0.2, -0.15) is 5.10 Å². The Balaban J connectivity index is 2.26. The average molecular weight is 350 g/mol. The maximum atomic E-state index is 12.4. The monoisotopic (exact) mass is 350 g/mol. The van der Waals surface area contributed by atoms with Crippen molar-refractivity contribution in [3.05, 3.63) is 59.7 Å². The van der Waals surface area contributed by atoms with Crippen molar-refractivity contribution in [1.82, 2.24) is 19.5 Å². The first-order valence-corrected chi connectivity index (χ1v) is 8.48. The number of rotatable bonds is 5. The summed E-state index contributed by atoms with van der Waals surface area (Å²) < 4.78 is 6.89. The Hall–Kier alpha value is -3.15. The lowest BCUT2D eigenvalue weighted by Gasteiger charge is -2.09. The van der Waals surface area contributed by atoms with Crippen LogP contribution in [-0.4, -0.2) is 46.2 Å². The van der Waals surface area contributed by atoms with E-state index >= 15 is 0 Å². The fourth-order valence-electron chi connectivity index (χ4n) is 2.80. The molecule has 0 aliphatic heterocycles. The van der Waals surface area contributed by atoms with Gasteiger partial charge in [0.15, 0.2) is 5.65 Å². The molecule has 26 heavy (non-hydrogen) atoms. The highest BCUT2D eigenvalue weighted by atomic mass is 16.5. The third-order valence-electron chi connectivity index (χ3n) is 3.94. The van der Waals surface area contributed by atoms with E-state index in [1.165, 1.54) is 0 Å². The van der Waals surface area contributed by atoms with Gasteiger partial charge in [-0.05, 0) is 25.5 Å². The molecule has 2 heterocycles. The first-order chi connectivity index (χ1) is 12.5. The Morgan fingerprint density at radius 1 is 1.27 bits per heavy atom. The molecule has 0 saturated heterocycles. The SMILES string of the molecule is CCOC(=O)c1cnc2c(-c3ccccc3)c(C)nn2c1C=CN(C)C. The van der Waals surface area contributed by atoms with Gasteiger partial charge in [-0.1, -0.05) is 30.3 Å². The van der Waals surface area contributed by atoms with Gasteiger partial charge >= 0.3 is 5.97 Å². The van der Waals surface area contributed by atoms with Gasteiger partial charge in [-0.15, -0.1) is 0 Å². The summed E-state index contributed by atoms with van der Waals surface area (Å²) in [5.74, 6) is -0.408. The number of carbonyl (C=O) groups is 1. The smallest absolute Gasteiger partial charge is 0.341 e. The van der Waals surface area contributed by atoms with Crippen molar-refractivity contribution in [2.75, 3.05) is 20.7 Å². The standard InChI is InChI=1S/C20H22N4O2/c1-5-26-20(25)16-13-21-19-18(15-9-7-6-8-10-15)14(2)22-24(19)17(16)11-12-23(3)4/h6-13H,5H2,1-4H3. The fraction of sp³-hybridized carbons (Fsp3) is 0.250. The predicted octanol–water partition coefficient (Wildman–Crippen LogP) is 3.41. The quantitative estimate of drug-likeness (QED) is 0.660. The Bertz CT molecular complexity index is 959. The van der Waals surface area contributed by atoms with Crippen LogP contribution in [-0.2, 0) is 4.74 Å². The van der Waals surface area contributed by atoms with Gasteiger partial charge in [0.2, 0.25) is 0 Å². The molecule has 0 aliphatic rings. The molecule has 2 aromatic heterocycles. The molecule has 0 N–H and O–H groups in total. The fourth-order valence-corrected chi connectivity index (χ4v) is 2.80. The summed E-state index contributed by atoms with van der Waals surface area (Å²) in [6, 6.07) is 10.00.